The highest BCUT2D eigenvalue weighted by atomic mass is 16.5. The van der Waals surface area contributed by atoms with Crippen molar-refractivity contribution in [1.82, 2.24) is 5.32 Å². The van der Waals surface area contributed by atoms with Crippen LogP contribution in [0.2, 0.25) is 0 Å². The lowest BCUT2D eigenvalue weighted by Gasteiger charge is -2.37. The van der Waals surface area contributed by atoms with Gasteiger partial charge in [-0.15, -0.1) is 0 Å². The Labute approximate surface area is 174 Å². The molecule has 0 aliphatic heterocycles. The lowest BCUT2D eigenvalue weighted by atomic mass is 9.72. The fraction of sp³-hybridized carbons (Fsp3) is 0.560. The molecule has 4 heteroatoms. The Morgan fingerprint density at radius 2 is 1.76 bits per heavy atom. The first-order chi connectivity index (χ1) is 13.7. The molecule has 29 heavy (non-hydrogen) atoms. The van der Waals surface area contributed by atoms with E-state index in [9.17, 15) is 4.79 Å². The van der Waals surface area contributed by atoms with Crippen LogP contribution in [0.15, 0.2) is 36.4 Å². The van der Waals surface area contributed by atoms with Crippen molar-refractivity contribution in [1.29, 1.82) is 0 Å². The van der Waals surface area contributed by atoms with Crippen molar-refractivity contribution in [3.63, 3.8) is 0 Å². The first-order valence-corrected chi connectivity index (χ1v) is 10.9. The highest BCUT2D eigenvalue weighted by Crippen LogP contribution is 2.39. The van der Waals surface area contributed by atoms with E-state index in [4.69, 9.17) is 9.84 Å². The van der Waals surface area contributed by atoms with E-state index in [1.165, 1.54) is 23.6 Å². The number of hydrogen-bond donors (Lipinski definition) is 2. The summed E-state index contributed by atoms with van der Waals surface area (Å²) in [5.41, 5.74) is 1.55. The van der Waals surface area contributed by atoms with Gasteiger partial charge in [0.15, 0.2) is 0 Å². The van der Waals surface area contributed by atoms with Crippen molar-refractivity contribution in [3.05, 3.63) is 42.0 Å². The fourth-order valence-corrected chi connectivity index (χ4v) is 4.22. The van der Waals surface area contributed by atoms with Crippen LogP contribution < -0.4 is 10.1 Å². The summed E-state index contributed by atoms with van der Waals surface area (Å²) in [4.78, 5) is 10.9. The van der Waals surface area contributed by atoms with Gasteiger partial charge in [0, 0.05) is 13.1 Å². The molecule has 2 N–H and O–H groups in total. The minimum absolute atomic E-state index is 0.325. The second-order valence-corrected chi connectivity index (χ2v) is 9.67. The SMILES string of the molecule is CC(CNCc1ccc2cc(OC3CCC(C(C)(C)C)CC3)ccc2c1)C(=O)O. The van der Waals surface area contributed by atoms with Crippen LogP contribution in [-0.4, -0.2) is 23.7 Å². The number of fused-ring (bicyclic) bond motifs is 1. The zero-order valence-corrected chi connectivity index (χ0v) is 18.2. The minimum atomic E-state index is -0.768. The average molecular weight is 398 g/mol. The maximum Gasteiger partial charge on any atom is 0.307 e. The largest absolute Gasteiger partial charge is 0.490 e. The van der Waals surface area contributed by atoms with Gasteiger partial charge in [-0.3, -0.25) is 4.79 Å². The highest BCUT2D eigenvalue weighted by molar-refractivity contribution is 5.84. The zero-order chi connectivity index (χ0) is 21.0. The van der Waals surface area contributed by atoms with E-state index >= 15 is 0 Å². The third-order valence-corrected chi connectivity index (χ3v) is 6.28. The quantitative estimate of drug-likeness (QED) is 0.635. The lowest BCUT2D eigenvalue weighted by molar-refractivity contribution is -0.140. The lowest BCUT2D eigenvalue weighted by Crippen LogP contribution is -2.30. The van der Waals surface area contributed by atoms with Gasteiger partial charge in [-0.1, -0.05) is 45.9 Å². The Balaban J connectivity index is 1.56. The van der Waals surface area contributed by atoms with Crippen molar-refractivity contribution >= 4 is 16.7 Å². The number of carboxylic acids is 1. The van der Waals surface area contributed by atoms with E-state index in [1.54, 1.807) is 6.92 Å². The van der Waals surface area contributed by atoms with Crippen molar-refractivity contribution in [2.75, 3.05) is 6.54 Å². The summed E-state index contributed by atoms with van der Waals surface area (Å²) in [5.74, 6) is 0.603. The number of nitrogens with one attached hydrogen (secondary N) is 1. The number of ether oxygens (including phenoxy) is 1. The molecule has 0 radical (unpaired) electrons. The minimum Gasteiger partial charge on any atom is -0.490 e. The maximum absolute atomic E-state index is 10.9. The van der Waals surface area contributed by atoms with Crippen LogP contribution >= 0.6 is 0 Å². The van der Waals surface area contributed by atoms with Gasteiger partial charge in [-0.05, 0) is 71.6 Å². The molecule has 0 amide bonds. The molecule has 1 atom stereocenters. The number of aliphatic carboxylic acids is 1. The van der Waals surface area contributed by atoms with Crippen molar-refractivity contribution < 1.29 is 14.6 Å². The molecule has 1 aliphatic carbocycles. The molecule has 1 fully saturated rings. The predicted molar refractivity (Wildman–Crippen MR) is 118 cm³/mol. The fourth-order valence-electron chi connectivity index (χ4n) is 4.22. The van der Waals surface area contributed by atoms with Crippen LogP contribution in [0.25, 0.3) is 10.8 Å². The monoisotopic (exact) mass is 397 g/mol. The summed E-state index contributed by atoms with van der Waals surface area (Å²) < 4.78 is 6.30. The Kier molecular flexibility index (Phi) is 6.84. The molecule has 4 nitrogen and oxygen atoms in total. The van der Waals surface area contributed by atoms with E-state index in [2.05, 4.69) is 62.5 Å². The molecular weight excluding hydrogens is 362 g/mol. The predicted octanol–water partition coefficient (Wildman–Crippen LogP) is 5.63. The molecule has 0 aromatic heterocycles. The molecule has 0 heterocycles. The summed E-state index contributed by atoms with van der Waals surface area (Å²) in [5, 5.41) is 14.5. The standard InChI is InChI=1S/C25H35NO3/c1-17(24(27)28)15-26-16-18-5-6-20-14-23(10-7-19(20)13-18)29-22-11-8-21(9-12-22)25(2,3)4/h5-7,10,13-14,17,21-22,26H,8-9,11-12,15-16H2,1-4H3,(H,27,28). The topological polar surface area (TPSA) is 58.6 Å². The molecular formula is C25H35NO3. The summed E-state index contributed by atoms with van der Waals surface area (Å²) in [6.07, 6.45) is 5.10. The first-order valence-electron chi connectivity index (χ1n) is 10.9. The smallest absolute Gasteiger partial charge is 0.307 e. The second kappa shape index (κ2) is 9.17. The molecule has 0 spiro atoms. The molecule has 158 valence electrons. The van der Waals surface area contributed by atoms with E-state index < -0.39 is 5.97 Å². The van der Waals surface area contributed by atoms with Gasteiger partial charge in [-0.25, -0.2) is 0 Å². The summed E-state index contributed by atoms with van der Waals surface area (Å²) in [7, 11) is 0. The number of hydrogen-bond acceptors (Lipinski definition) is 3. The van der Waals surface area contributed by atoms with Crippen LogP contribution in [0.3, 0.4) is 0 Å². The zero-order valence-electron chi connectivity index (χ0n) is 18.2. The van der Waals surface area contributed by atoms with E-state index in [-0.39, 0.29) is 5.92 Å². The Hall–Kier alpha value is -2.07. The van der Waals surface area contributed by atoms with Crippen LogP contribution in [0.5, 0.6) is 5.75 Å². The highest BCUT2D eigenvalue weighted by Gasteiger charge is 2.30. The summed E-state index contributed by atoms with van der Waals surface area (Å²) in [6, 6.07) is 12.7. The normalized spacial score (nSPS) is 21.1. The van der Waals surface area contributed by atoms with Gasteiger partial charge in [-0.2, -0.15) is 0 Å². The number of carboxylic acid groups (broad SMARTS) is 1. The van der Waals surface area contributed by atoms with Crippen LogP contribution in [-0.2, 0) is 11.3 Å². The van der Waals surface area contributed by atoms with Gasteiger partial charge in [0.2, 0.25) is 0 Å². The Bertz CT molecular complexity index is 832. The van der Waals surface area contributed by atoms with Crippen molar-refractivity contribution in [2.45, 2.75) is 66.0 Å². The molecule has 2 aromatic carbocycles. The summed E-state index contributed by atoms with van der Waals surface area (Å²) >= 11 is 0. The average Bonchev–Trinajstić information content (AvgIpc) is 2.67. The van der Waals surface area contributed by atoms with Gasteiger partial charge in [0.05, 0.1) is 12.0 Å². The van der Waals surface area contributed by atoms with Gasteiger partial charge < -0.3 is 15.2 Å². The number of benzene rings is 2. The Morgan fingerprint density at radius 1 is 1.10 bits per heavy atom. The molecule has 1 unspecified atom stereocenters. The molecule has 2 aromatic rings. The maximum atomic E-state index is 10.9. The summed E-state index contributed by atoms with van der Waals surface area (Å²) in [6.45, 7) is 9.89. The van der Waals surface area contributed by atoms with E-state index in [1.807, 2.05) is 0 Å². The third kappa shape index (κ3) is 5.96. The van der Waals surface area contributed by atoms with E-state index in [0.717, 1.165) is 30.1 Å². The Morgan fingerprint density at radius 3 is 2.41 bits per heavy atom. The van der Waals surface area contributed by atoms with Crippen LogP contribution in [0, 0.1) is 17.3 Å². The van der Waals surface area contributed by atoms with Crippen molar-refractivity contribution in [3.8, 4) is 5.75 Å². The van der Waals surface area contributed by atoms with Crippen LogP contribution in [0.4, 0.5) is 0 Å². The third-order valence-electron chi connectivity index (χ3n) is 6.28. The van der Waals surface area contributed by atoms with Gasteiger partial charge in [0.25, 0.3) is 0 Å². The number of rotatable bonds is 7. The van der Waals surface area contributed by atoms with Crippen molar-refractivity contribution in [2.24, 2.45) is 17.3 Å². The first kappa shape index (κ1) is 21.6. The van der Waals surface area contributed by atoms with Gasteiger partial charge in [0.1, 0.15) is 5.75 Å². The second-order valence-electron chi connectivity index (χ2n) is 9.67. The molecule has 1 saturated carbocycles. The van der Waals surface area contributed by atoms with Gasteiger partial charge >= 0.3 is 5.97 Å². The molecule has 0 bridgehead atoms. The van der Waals surface area contributed by atoms with E-state index in [0.29, 0.717) is 24.6 Å². The number of carbonyl (C=O) groups is 1. The van der Waals surface area contributed by atoms with Crippen LogP contribution in [0.1, 0.15) is 58.9 Å². The molecule has 0 saturated heterocycles. The molecule has 3 rings (SSSR count). The molecule has 1 aliphatic rings.